The number of amides is 1. The minimum Gasteiger partial charge on any atom is -0.471 e. The van der Waals surface area contributed by atoms with Crippen molar-refractivity contribution >= 4 is 28.7 Å². The minimum atomic E-state index is -0.945. The summed E-state index contributed by atoms with van der Waals surface area (Å²) < 4.78 is 46.9. The van der Waals surface area contributed by atoms with Crippen molar-refractivity contribution < 1.29 is 38.0 Å². The van der Waals surface area contributed by atoms with Crippen LogP contribution in [-0.4, -0.2) is 80.1 Å². The number of nitrogens with one attached hydrogen (secondary N) is 1. The molecule has 0 spiro atoms. The Morgan fingerprint density at radius 2 is 1.95 bits per heavy atom. The highest BCUT2D eigenvalue weighted by molar-refractivity contribution is 6.32. The van der Waals surface area contributed by atoms with Crippen LogP contribution in [0.1, 0.15) is 55.5 Å². The number of rotatable bonds is 7. The molecule has 1 aliphatic carbocycles. The maximum atomic E-state index is 14.9. The van der Waals surface area contributed by atoms with Gasteiger partial charge in [-0.1, -0.05) is 25.4 Å². The molecule has 1 unspecified atom stereocenters. The molecule has 0 bridgehead atoms. The van der Waals surface area contributed by atoms with Crippen molar-refractivity contribution in [1.82, 2.24) is 19.9 Å². The van der Waals surface area contributed by atoms with Gasteiger partial charge in [0.1, 0.15) is 29.4 Å². The van der Waals surface area contributed by atoms with Gasteiger partial charge in [0.25, 0.3) is 11.9 Å². The van der Waals surface area contributed by atoms with E-state index in [-0.39, 0.29) is 71.1 Å². The summed E-state index contributed by atoms with van der Waals surface area (Å²) >= 11 is 6.30. The molecule has 2 aromatic heterocycles. The number of hydrogen-bond donors (Lipinski definition) is 3. The highest BCUT2D eigenvalue weighted by atomic mass is 35.5. The van der Waals surface area contributed by atoms with Crippen LogP contribution in [0.4, 0.5) is 8.78 Å². The molecule has 1 aromatic carbocycles. The monoisotopic (exact) mass is 594 g/mol. The molecule has 3 N–H and O–H groups in total. The van der Waals surface area contributed by atoms with E-state index < -0.39 is 30.3 Å². The smallest absolute Gasteiger partial charge is 0.296 e. The SMILES string of the molecule is CC.O=C(c1cc(F)c(COc2nc3nc(O[C@@H]4CCC5[C@H](O)CO[C@@H]54)[nH]c3cc2Cl)c(F)c1)N1CCC[C@H]1CO. The predicted molar refractivity (Wildman–Crippen MR) is 145 cm³/mol. The Bertz CT molecular complexity index is 1380. The zero-order chi connectivity index (χ0) is 29.3. The number of aliphatic hydroxyl groups excluding tert-OH is 2. The number of ether oxygens (including phenoxy) is 3. The average molecular weight is 595 g/mol. The van der Waals surface area contributed by atoms with Crippen LogP contribution in [0.25, 0.3) is 11.2 Å². The Kier molecular flexibility index (Phi) is 8.93. The van der Waals surface area contributed by atoms with Crippen LogP contribution in [0.3, 0.4) is 0 Å². The summed E-state index contributed by atoms with van der Waals surface area (Å²) in [6.45, 7) is 3.98. The lowest BCUT2D eigenvalue weighted by Gasteiger charge is -2.23. The second-order valence-corrected chi connectivity index (χ2v) is 10.5. The van der Waals surface area contributed by atoms with E-state index in [0.29, 0.717) is 24.9 Å². The number of carbonyl (C=O) groups excluding carboxylic acids is 1. The Labute approximate surface area is 240 Å². The van der Waals surface area contributed by atoms with Gasteiger partial charge in [-0.25, -0.2) is 8.78 Å². The number of H-pyrrole nitrogens is 1. The van der Waals surface area contributed by atoms with Gasteiger partial charge in [0.2, 0.25) is 5.88 Å². The summed E-state index contributed by atoms with van der Waals surface area (Å²) in [7, 11) is 0. The number of likely N-dealkylation sites (tertiary alicyclic amines) is 1. The van der Waals surface area contributed by atoms with Crippen molar-refractivity contribution in [1.29, 1.82) is 0 Å². The van der Waals surface area contributed by atoms with Crippen LogP contribution in [-0.2, 0) is 11.3 Å². The van der Waals surface area contributed by atoms with Crippen molar-refractivity contribution in [3.63, 3.8) is 0 Å². The van der Waals surface area contributed by atoms with Gasteiger partial charge < -0.3 is 34.3 Å². The van der Waals surface area contributed by atoms with Crippen LogP contribution < -0.4 is 9.47 Å². The molecule has 41 heavy (non-hydrogen) atoms. The summed E-state index contributed by atoms with van der Waals surface area (Å²) in [6, 6.07) is 3.30. The zero-order valence-corrected chi connectivity index (χ0v) is 23.5. The second-order valence-electron chi connectivity index (χ2n) is 10.1. The Morgan fingerprint density at radius 1 is 1.20 bits per heavy atom. The van der Waals surface area contributed by atoms with E-state index in [2.05, 4.69) is 15.0 Å². The first kappa shape index (κ1) is 29.4. The van der Waals surface area contributed by atoms with E-state index in [1.54, 1.807) is 0 Å². The van der Waals surface area contributed by atoms with Gasteiger partial charge in [-0.15, -0.1) is 0 Å². The molecule has 2 aliphatic heterocycles. The van der Waals surface area contributed by atoms with E-state index in [1.165, 1.54) is 11.0 Å². The number of aromatic amines is 1. The lowest BCUT2D eigenvalue weighted by Crippen LogP contribution is -2.37. The second kappa shape index (κ2) is 12.4. The van der Waals surface area contributed by atoms with E-state index in [1.807, 2.05) is 13.8 Å². The Balaban J connectivity index is 0.00000165. The lowest BCUT2D eigenvalue weighted by molar-refractivity contribution is 0.0135. The van der Waals surface area contributed by atoms with E-state index in [0.717, 1.165) is 25.0 Å². The largest absolute Gasteiger partial charge is 0.471 e. The zero-order valence-electron chi connectivity index (χ0n) is 22.8. The van der Waals surface area contributed by atoms with Crippen LogP contribution in [0.2, 0.25) is 5.02 Å². The summed E-state index contributed by atoms with van der Waals surface area (Å²) in [5, 5.41) is 19.6. The molecule has 0 radical (unpaired) electrons. The van der Waals surface area contributed by atoms with Crippen molar-refractivity contribution in [3.05, 3.63) is 46.0 Å². The standard InChI is InChI=1S/C26H27ClF2N4O6.C2H6/c27-16-8-19-23(32-26(30-19)39-21-4-3-14-20(35)11-37-22(14)21)31-24(16)38-10-15-17(28)6-12(7-18(15)29)25(36)33-5-1-2-13(33)9-34;1-2/h6-8,13-14,20-22,34-35H,1-5,9-11H2,(H,30,31,32);1-2H3/t13-,14?,20+,21+,22-;/m0./s1. The molecule has 3 aromatic rings. The number of imidazole rings is 1. The average Bonchev–Trinajstić information content (AvgIpc) is 3.75. The van der Waals surface area contributed by atoms with Gasteiger partial charge >= 0.3 is 0 Å². The molecule has 3 fully saturated rings. The van der Waals surface area contributed by atoms with E-state index in [4.69, 9.17) is 25.8 Å². The number of pyridine rings is 1. The van der Waals surface area contributed by atoms with Gasteiger partial charge in [0.05, 0.1) is 42.5 Å². The van der Waals surface area contributed by atoms with Crippen molar-refractivity contribution in [2.45, 2.75) is 70.5 Å². The highest BCUT2D eigenvalue weighted by Gasteiger charge is 2.47. The number of aliphatic hydroxyl groups is 2. The van der Waals surface area contributed by atoms with Gasteiger partial charge in [0.15, 0.2) is 5.65 Å². The topological polar surface area (TPSA) is 130 Å². The molecule has 222 valence electrons. The van der Waals surface area contributed by atoms with Crippen LogP contribution in [0.15, 0.2) is 18.2 Å². The summed E-state index contributed by atoms with van der Waals surface area (Å²) in [4.78, 5) is 25.8. The molecule has 13 heteroatoms. The third kappa shape index (κ3) is 5.83. The third-order valence-electron chi connectivity index (χ3n) is 7.75. The molecular formula is C28H33ClF2N4O6. The molecule has 10 nitrogen and oxygen atoms in total. The number of fused-ring (bicyclic) bond motifs is 2. The Morgan fingerprint density at radius 3 is 2.68 bits per heavy atom. The fraction of sp³-hybridized carbons (Fsp3) is 0.536. The first-order valence-corrected chi connectivity index (χ1v) is 14.2. The maximum Gasteiger partial charge on any atom is 0.296 e. The predicted octanol–water partition coefficient (Wildman–Crippen LogP) is 4.01. The first-order chi connectivity index (χ1) is 19.8. The number of aromatic nitrogens is 3. The number of carbonyl (C=O) groups is 1. The van der Waals surface area contributed by atoms with Gasteiger partial charge in [-0.3, -0.25) is 4.79 Å². The Hall–Kier alpha value is -3.06. The summed E-state index contributed by atoms with van der Waals surface area (Å²) in [5.74, 6) is -2.46. The van der Waals surface area contributed by atoms with Gasteiger partial charge in [-0.05, 0) is 43.9 Å². The van der Waals surface area contributed by atoms with Crippen molar-refractivity contribution in [2.75, 3.05) is 19.8 Å². The quantitative estimate of drug-likeness (QED) is 0.374. The molecule has 3 aliphatic rings. The molecule has 1 saturated carbocycles. The number of hydrogen-bond acceptors (Lipinski definition) is 8. The summed E-state index contributed by atoms with van der Waals surface area (Å²) in [5.41, 5.74) is 0.192. The van der Waals surface area contributed by atoms with Crippen molar-refractivity contribution in [2.24, 2.45) is 5.92 Å². The molecule has 6 rings (SSSR count). The fourth-order valence-corrected chi connectivity index (χ4v) is 5.91. The number of nitrogens with zero attached hydrogens (tertiary/aromatic N) is 3. The fourth-order valence-electron chi connectivity index (χ4n) is 5.71. The van der Waals surface area contributed by atoms with E-state index in [9.17, 15) is 23.8 Å². The molecule has 1 amide bonds. The lowest BCUT2D eigenvalue weighted by atomic mass is 10.0. The molecule has 5 atom stereocenters. The first-order valence-electron chi connectivity index (χ1n) is 13.9. The van der Waals surface area contributed by atoms with Crippen LogP contribution in [0, 0.1) is 17.6 Å². The summed E-state index contributed by atoms with van der Waals surface area (Å²) in [6.07, 6.45) is 1.91. The van der Waals surface area contributed by atoms with Crippen LogP contribution >= 0.6 is 11.6 Å². The molecular weight excluding hydrogens is 562 g/mol. The van der Waals surface area contributed by atoms with Gasteiger partial charge in [0, 0.05) is 18.0 Å². The highest BCUT2D eigenvalue weighted by Crippen LogP contribution is 2.38. The number of halogens is 3. The molecule has 4 heterocycles. The number of benzene rings is 1. The normalized spacial score (nSPS) is 25.2. The third-order valence-corrected chi connectivity index (χ3v) is 8.02. The van der Waals surface area contributed by atoms with Crippen molar-refractivity contribution in [3.8, 4) is 11.9 Å². The van der Waals surface area contributed by atoms with Crippen LogP contribution in [0.5, 0.6) is 11.9 Å². The van der Waals surface area contributed by atoms with E-state index >= 15 is 0 Å². The molecule has 2 saturated heterocycles. The minimum absolute atomic E-state index is 0.0394. The van der Waals surface area contributed by atoms with Gasteiger partial charge in [-0.2, -0.15) is 9.97 Å². The maximum absolute atomic E-state index is 14.9.